The molecule has 2 heterocycles. The van der Waals surface area contributed by atoms with E-state index < -0.39 is 0 Å². The number of morpholine rings is 1. The second-order valence-electron chi connectivity index (χ2n) is 4.38. The van der Waals surface area contributed by atoms with Gasteiger partial charge in [0, 0.05) is 32.8 Å². The molecule has 5 heteroatoms. The minimum Gasteiger partial charge on any atom is -0.380 e. The summed E-state index contributed by atoms with van der Waals surface area (Å²) in [5.41, 5.74) is 0. The first-order valence-corrected chi connectivity index (χ1v) is 5.88. The molecule has 0 aromatic heterocycles. The normalized spacial score (nSPS) is 33.8. The molecule has 0 aromatic rings. The maximum absolute atomic E-state index is 11.2. The van der Waals surface area contributed by atoms with E-state index in [4.69, 9.17) is 9.47 Å². The molecule has 1 N–H and O–H groups in total. The van der Waals surface area contributed by atoms with Gasteiger partial charge in [0.25, 0.3) is 0 Å². The Bertz CT molecular complexity index is 231. The van der Waals surface area contributed by atoms with Gasteiger partial charge in [0.2, 0.25) is 0 Å². The summed E-state index contributed by atoms with van der Waals surface area (Å²) in [7, 11) is 1.72. The summed E-state index contributed by atoms with van der Waals surface area (Å²) >= 11 is 0. The topological polar surface area (TPSA) is 50.8 Å². The molecule has 0 radical (unpaired) electrons. The first-order valence-electron chi connectivity index (χ1n) is 5.88. The van der Waals surface area contributed by atoms with Crippen LogP contribution in [0.5, 0.6) is 0 Å². The van der Waals surface area contributed by atoms with Crippen molar-refractivity contribution >= 4 is 6.29 Å². The number of methoxy groups -OCH3 is 1. The number of ether oxygens (including phenoxy) is 2. The highest BCUT2D eigenvalue weighted by molar-refractivity contribution is 5.59. The average Bonchev–Trinajstić information content (AvgIpc) is 2.80. The van der Waals surface area contributed by atoms with Gasteiger partial charge in [-0.15, -0.1) is 0 Å². The van der Waals surface area contributed by atoms with Gasteiger partial charge in [-0.3, -0.25) is 4.90 Å². The third kappa shape index (κ3) is 2.60. The fourth-order valence-electron chi connectivity index (χ4n) is 2.48. The van der Waals surface area contributed by atoms with E-state index in [2.05, 4.69) is 10.2 Å². The van der Waals surface area contributed by atoms with Crippen LogP contribution in [0.1, 0.15) is 6.42 Å². The molecule has 0 bridgehead atoms. The van der Waals surface area contributed by atoms with E-state index in [0.717, 1.165) is 45.6 Å². The third-order valence-corrected chi connectivity index (χ3v) is 3.48. The lowest BCUT2D eigenvalue weighted by atomic mass is 10.0. The van der Waals surface area contributed by atoms with Crippen molar-refractivity contribution in [1.82, 2.24) is 10.2 Å². The quantitative estimate of drug-likeness (QED) is 0.643. The molecule has 3 atom stereocenters. The van der Waals surface area contributed by atoms with Crippen LogP contribution in [0.25, 0.3) is 0 Å². The lowest BCUT2D eigenvalue weighted by molar-refractivity contribution is -0.115. The fourth-order valence-corrected chi connectivity index (χ4v) is 2.48. The zero-order chi connectivity index (χ0) is 11.4. The van der Waals surface area contributed by atoms with E-state index >= 15 is 0 Å². The molecule has 0 amide bonds. The fraction of sp³-hybridized carbons (Fsp3) is 0.909. The van der Waals surface area contributed by atoms with Crippen molar-refractivity contribution in [3.63, 3.8) is 0 Å². The Morgan fingerprint density at radius 3 is 2.81 bits per heavy atom. The van der Waals surface area contributed by atoms with Crippen molar-refractivity contribution in [3.8, 4) is 0 Å². The highest BCUT2D eigenvalue weighted by Crippen LogP contribution is 2.16. The molecule has 0 spiro atoms. The number of carbonyl (C=O) groups excluding carboxylic acids is 1. The molecule has 0 unspecified atom stereocenters. The summed E-state index contributed by atoms with van der Waals surface area (Å²) in [4.78, 5) is 13.4. The molecular formula is C11H20N2O3. The van der Waals surface area contributed by atoms with Crippen LogP contribution < -0.4 is 5.32 Å². The molecule has 2 rings (SSSR count). The van der Waals surface area contributed by atoms with Crippen LogP contribution in [-0.4, -0.2) is 69.3 Å². The molecule has 5 nitrogen and oxygen atoms in total. The lowest BCUT2D eigenvalue weighted by Gasteiger charge is -2.34. The smallest absolute Gasteiger partial charge is 0.138 e. The van der Waals surface area contributed by atoms with E-state index in [-0.39, 0.29) is 18.2 Å². The second kappa shape index (κ2) is 5.72. The summed E-state index contributed by atoms with van der Waals surface area (Å²) in [5.74, 6) is 0. The number of hydrogen-bond donors (Lipinski definition) is 1. The van der Waals surface area contributed by atoms with Crippen LogP contribution >= 0.6 is 0 Å². The third-order valence-electron chi connectivity index (χ3n) is 3.48. The number of hydrogen-bond acceptors (Lipinski definition) is 5. The van der Waals surface area contributed by atoms with E-state index in [0.29, 0.717) is 0 Å². The Balaban J connectivity index is 1.91. The van der Waals surface area contributed by atoms with Gasteiger partial charge in [0.15, 0.2) is 0 Å². The van der Waals surface area contributed by atoms with Gasteiger partial charge in [-0.2, -0.15) is 0 Å². The second-order valence-corrected chi connectivity index (χ2v) is 4.38. The van der Waals surface area contributed by atoms with Gasteiger partial charge in [0.05, 0.1) is 25.4 Å². The summed E-state index contributed by atoms with van der Waals surface area (Å²) in [6.07, 6.45) is 2.21. The number of aldehydes is 1. The maximum Gasteiger partial charge on any atom is 0.138 e. The largest absolute Gasteiger partial charge is 0.380 e. The van der Waals surface area contributed by atoms with Crippen LogP contribution in [0.3, 0.4) is 0 Å². The van der Waals surface area contributed by atoms with Gasteiger partial charge in [-0.1, -0.05) is 0 Å². The first-order chi connectivity index (χ1) is 7.85. The van der Waals surface area contributed by atoms with E-state index in [1.807, 2.05) is 0 Å². The van der Waals surface area contributed by atoms with Crippen LogP contribution in [0, 0.1) is 0 Å². The number of nitrogens with one attached hydrogen (secondary N) is 1. The predicted octanol–water partition coefficient (Wildman–Crippen LogP) is -0.737. The van der Waals surface area contributed by atoms with Crippen LogP contribution in [-0.2, 0) is 14.3 Å². The molecule has 2 aliphatic heterocycles. The first kappa shape index (κ1) is 12.0. The number of rotatable bonds is 4. The highest BCUT2D eigenvalue weighted by atomic mass is 16.5. The molecular weight excluding hydrogens is 208 g/mol. The lowest BCUT2D eigenvalue weighted by Crippen LogP contribution is -2.52. The van der Waals surface area contributed by atoms with Gasteiger partial charge in [-0.05, 0) is 6.42 Å². The monoisotopic (exact) mass is 228 g/mol. The Kier molecular flexibility index (Phi) is 4.29. The van der Waals surface area contributed by atoms with Crippen molar-refractivity contribution in [3.05, 3.63) is 0 Å². The molecule has 2 saturated heterocycles. The molecule has 0 aliphatic carbocycles. The predicted molar refractivity (Wildman–Crippen MR) is 59.4 cm³/mol. The van der Waals surface area contributed by atoms with Crippen molar-refractivity contribution in [1.29, 1.82) is 0 Å². The number of carbonyl (C=O) groups is 1. The molecule has 16 heavy (non-hydrogen) atoms. The van der Waals surface area contributed by atoms with Crippen molar-refractivity contribution < 1.29 is 14.3 Å². The number of nitrogens with zero attached hydrogens (tertiary/aromatic N) is 1. The van der Waals surface area contributed by atoms with Crippen LogP contribution in [0.4, 0.5) is 0 Å². The standard InChI is InChI=1S/C11H20N2O3/c1-15-9-6-10(12-7-9)11(8-14)13-2-4-16-5-3-13/h8-12H,2-7H2,1H3/t9-,10-,11-/m0/s1. The summed E-state index contributed by atoms with van der Waals surface area (Å²) in [6, 6.07) is 0.185. The molecule has 2 aliphatic rings. The maximum atomic E-state index is 11.2. The minimum absolute atomic E-state index is 0.0379. The zero-order valence-corrected chi connectivity index (χ0v) is 9.72. The van der Waals surface area contributed by atoms with Gasteiger partial charge < -0.3 is 19.6 Å². The molecule has 2 fully saturated rings. The van der Waals surface area contributed by atoms with Gasteiger partial charge in [0.1, 0.15) is 6.29 Å². The van der Waals surface area contributed by atoms with E-state index in [9.17, 15) is 4.79 Å². The highest BCUT2D eigenvalue weighted by Gasteiger charge is 2.34. The summed E-state index contributed by atoms with van der Waals surface area (Å²) in [6.45, 7) is 3.99. The Morgan fingerprint density at radius 2 is 2.25 bits per heavy atom. The summed E-state index contributed by atoms with van der Waals surface area (Å²) in [5, 5.41) is 3.37. The molecule has 92 valence electrons. The van der Waals surface area contributed by atoms with Crippen molar-refractivity contribution in [2.45, 2.75) is 24.6 Å². The van der Waals surface area contributed by atoms with Gasteiger partial charge in [-0.25, -0.2) is 0 Å². The zero-order valence-electron chi connectivity index (χ0n) is 9.72. The van der Waals surface area contributed by atoms with Gasteiger partial charge >= 0.3 is 0 Å². The van der Waals surface area contributed by atoms with Crippen molar-refractivity contribution in [2.24, 2.45) is 0 Å². The molecule has 0 aromatic carbocycles. The van der Waals surface area contributed by atoms with E-state index in [1.54, 1.807) is 7.11 Å². The van der Waals surface area contributed by atoms with E-state index in [1.165, 1.54) is 0 Å². The SMILES string of the molecule is CO[C@@H]1CN[C@H]([C@H](C=O)N2CCOCC2)C1. The Labute approximate surface area is 96.1 Å². The average molecular weight is 228 g/mol. The Hall–Kier alpha value is -0.490. The van der Waals surface area contributed by atoms with Crippen LogP contribution in [0.15, 0.2) is 0 Å². The summed E-state index contributed by atoms with van der Waals surface area (Å²) < 4.78 is 10.6. The minimum atomic E-state index is -0.0379. The molecule has 0 saturated carbocycles. The van der Waals surface area contributed by atoms with Crippen LogP contribution in [0.2, 0.25) is 0 Å². The van der Waals surface area contributed by atoms with Crippen molar-refractivity contribution in [2.75, 3.05) is 40.0 Å². The Morgan fingerprint density at radius 1 is 1.50 bits per heavy atom.